The van der Waals surface area contributed by atoms with E-state index in [1.807, 2.05) is 0 Å². The summed E-state index contributed by atoms with van der Waals surface area (Å²) in [6.45, 7) is 1.79. The van der Waals surface area contributed by atoms with E-state index >= 15 is 0 Å². The fourth-order valence-corrected chi connectivity index (χ4v) is 3.28. The number of para-hydroxylation sites is 1. The summed E-state index contributed by atoms with van der Waals surface area (Å²) in [6, 6.07) is 2.83. The molecule has 1 aliphatic heterocycles. The van der Waals surface area contributed by atoms with Gasteiger partial charge in [-0.15, -0.1) is 0 Å². The van der Waals surface area contributed by atoms with Gasteiger partial charge in [0.1, 0.15) is 5.75 Å². The third kappa shape index (κ3) is 3.10. The van der Waals surface area contributed by atoms with Crippen molar-refractivity contribution in [3.05, 3.63) is 29.3 Å². The van der Waals surface area contributed by atoms with Crippen molar-refractivity contribution in [3.8, 4) is 5.75 Å². The van der Waals surface area contributed by atoms with Crippen molar-refractivity contribution in [2.45, 2.75) is 43.8 Å². The number of halogens is 6. The maximum absolute atomic E-state index is 13.4. The number of carboxylic acid groups (broad SMARTS) is 1. The van der Waals surface area contributed by atoms with E-state index in [4.69, 9.17) is 9.47 Å². The van der Waals surface area contributed by atoms with Crippen LogP contribution in [0.5, 0.6) is 5.75 Å². The van der Waals surface area contributed by atoms with Gasteiger partial charge in [0.05, 0.1) is 12.7 Å². The molecule has 2 rings (SSSR count). The van der Waals surface area contributed by atoms with Gasteiger partial charge in [-0.2, -0.15) is 26.3 Å². The summed E-state index contributed by atoms with van der Waals surface area (Å²) in [5, 5.41) is 9.30. The van der Waals surface area contributed by atoms with Crippen LogP contribution in [0.25, 0.3) is 0 Å². The molecule has 1 aromatic rings. The highest BCUT2D eigenvalue weighted by molar-refractivity contribution is 5.75. The van der Waals surface area contributed by atoms with Crippen LogP contribution in [0.15, 0.2) is 18.2 Å². The molecule has 146 valence electrons. The van der Waals surface area contributed by atoms with Crippen LogP contribution in [0.3, 0.4) is 0 Å². The van der Waals surface area contributed by atoms with Crippen LogP contribution in [-0.2, 0) is 15.7 Å². The Bertz CT molecular complexity index is 699. The van der Waals surface area contributed by atoms with E-state index in [1.54, 1.807) is 0 Å². The summed E-state index contributed by atoms with van der Waals surface area (Å²) in [5.74, 6) is -5.37. The minimum Gasteiger partial charge on any atom is -0.496 e. The molecule has 1 aliphatic rings. The smallest absolute Gasteiger partial charge is 0.419 e. The molecule has 10 heteroatoms. The topological polar surface area (TPSA) is 55.8 Å². The second-order valence-electron chi connectivity index (χ2n) is 6.22. The van der Waals surface area contributed by atoms with Gasteiger partial charge in [-0.3, -0.25) is 0 Å². The molecule has 1 N–H and O–H groups in total. The average molecular weight is 386 g/mol. The van der Waals surface area contributed by atoms with Gasteiger partial charge in [-0.05, 0) is 13.0 Å². The van der Waals surface area contributed by atoms with E-state index in [-0.39, 0.29) is 5.56 Å². The highest BCUT2D eigenvalue weighted by Gasteiger charge is 2.66. The minimum atomic E-state index is -4.91. The molecule has 4 atom stereocenters. The summed E-state index contributed by atoms with van der Waals surface area (Å²) in [6.07, 6.45) is -11.7. The van der Waals surface area contributed by atoms with Crippen LogP contribution in [0.1, 0.15) is 30.9 Å². The van der Waals surface area contributed by atoms with E-state index in [2.05, 4.69) is 0 Å². The lowest BCUT2D eigenvalue weighted by Crippen LogP contribution is -2.47. The Morgan fingerprint density at radius 1 is 1.23 bits per heavy atom. The molecule has 1 saturated heterocycles. The number of alkyl halides is 6. The number of rotatable bonds is 3. The zero-order valence-electron chi connectivity index (χ0n) is 13.9. The first kappa shape index (κ1) is 20.3. The molecule has 4 nitrogen and oxygen atoms in total. The first-order chi connectivity index (χ1) is 11.8. The van der Waals surface area contributed by atoms with E-state index in [9.17, 15) is 36.2 Å². The van der Waals surface area contributed by atoms with Crippen LogP contribution in [0.4, 0.5) is 26.3 Å². The molecule has 1 aromatic carbocycles. The molecule has 0 bridgehead atoms. The van der Waals surface area contributed by atoms with E-state index in [0.717, 1.165) is 26.2 Å². The number of hydrogen-bond donors (Lipinski definition) is 1. The third-order valence-electron chi connectivity index (χ3n) is 4.83. The van der Waals surface area contributed by atoms with Gasteiger partial charge in [-0.25, -0.2) is 4.79 Å². The lowest BCUT2D eigenvalue weighted by Gasteiger charge is -2.32. The molecular weight excluding hydrogens is 370 g/mol. The van der Waals surface area contributed by atoms with Gasteiger partial charge in [0.25, 0.3) is 0 Å². The van der Waals surface area contributed by atoms with Gasteiger partial charge in [-0.1, -0.05) is 19.1 Å². The first-order valence-corrected chi connectivity index (χ1v) is 7.47. The maximum atomic E-state index is 13.4. The monoisotopic (exact) mass is 386 g/mol. The molecule has 0 aromatic heterocycles. The fraction of sp³-hybridized carbons (Fsp3) is 0.562. The van der Waals surface area contributed by atoms with Gasteiger partial charge in [0.15, 0.2) is 11.7 Å². The molecule has 0 amide bonds. The lowest BCUT2D eigenvalue weighted by atomic mass is 9.76. The fourth-order valence-electron chi connectivity index (χ4n) is 3.28. The van der Waals surface area contributed by atoms with Crippen LogP contribution in [0.2, 0.25) is 0 Å². The molecule has 0 saturated carbocycles. The van der Waals surface area contributed by atoms with Crippen LogP contribution < -0.4 is 4.74 Å². The van der Waals surface area contributed by atoms with Crippen LogP contribution in [-0.4, -0.2) is 36.1 Å². The second kappa shape index (κ2) is 6.33. The largest absolute Gasteiger partial charge is 0.496 e. The zero-order chi connectivity index (χ0) is 20.1. The number of methoxy groups -OCH3 is 1. The minimum absolute atomic E-state index is 0.296. The first-order valence-electron chi connectivity index (χ1n) is 7.47. The summed E-state index contributed by atoms with van der Waals surface area (Å²) in [7, 11) is 0.938. The van der Waals surface area contributed by atoms with Crippen LogP contribution in [0, 0.1) is 5.92 Å². The normalized spacial score (nSPS) is 29.7. The van der Waals surface area contributed by atoms with Crippen molar-refractivity contribution >= 4 is 5.97 Å². The Kier molecular flexibility index (Phi) is 4.95. The third-order valence-corrected chi connectivity index (χ3v) is 4.83. The second-order valence-corrected chi connectivity index (χ2v) is 6.22. The number of benzene rings is 1. The molecular formula is C16H16F6O4. The van der Waals surface area contributed by atoms with Crippen molar-refractivity contribution < 1.29 is 45.7 Å². The number of hydrogen-bond acceptors (Lipinski definition) is 3. The molecule has 0 spiro atoms. The highest BCUT2D eigenvalue weighted by Crippen LogP contribution is 2.55. The van der Waals surface area contributed by atoms with Gasteiger partial charge < -0.3 is 14.6 Å². The predicted octanol–water partition coefficient (Wildman–Crippen LogP) is 4.24. The summed E-state index contributed by atoms with van der Waals surface area (Å²) in [5.41, 5.74) is -4.33. The summed E-state index contributed by atoms with van der Waals surface area (Å²) in [4.78, 5) is 11.5. The summed E-state index contributed by atoms with van der Waals surface area (Å²) < 4.78 is 89.5. The molecule has 1 heterocycles. The van der Waals surface area contributed by atoms with Crippen molar-refractivity contribution in [2.75, 3.05) is 7.11 Å². The number of carboxylic acids is 1. The quantitative estimate of drug-likeness (QED) is 0.790. The van der Waals surface area contributed by atoms with Gasteiger partial charge in [0.2, 0.25) is 0 Å². The highest BCUT2D eigenvalue weighted by atomic mass is 19.4. The standard InChI is InChI=1S/C16H16F6O4/c1-7-10(12(13(23)24)26-14(7,2)16(20,21)22)8-5-4-6-9(11(8)25-3)15(17,18)19/h4-7,10,12H,1-3H3,(H,23,24). The van der Waals surface area contributed by atoms with Crippen molar-refractivity contribution in [1.82, 2.24) is 0 Å². The SMILES string of the molecule is COc1c(C2C(C(=O)O)OC(C)(C(F)(F)F)C2C)cccc1C(F)(F)F. The molecule has 0 aliphatic carbocycles. The Balaban J connectivity index is 2.68. The van der Waals surface area contributed by atoms with Crippen molar-refractivity contribution in [3.63, 3.8) is 0 Å². The lowest BCUT2D eigenvalue weighted by molar-refractivity contribution is -0.273. The molecule has 1 fully saturated rings. The van der Waals surface area contributed by atoms with Crippen molar-refractivity contribution in [1.29, 1.82) is 0 Å². The Morgan fingerprint density at radius 2 is 1.81 bits per heavy atom. The summed E-state index contributed by atoms with van der Waals surface area (Å²) >= 11 is 0. The maximum Gasteiger partial charge on any atom is 0.419 e. The number of carbonyl (C=O) groups is 1. The predicted molar refractivity (Wildman–Crippen MR) is 76.9 cm³/mol. The van der Waals surface area contributed by atoms with E-state index in [0.29, 0.717) is 13.0 Å². The molecule has 0 radical (unpaired) electrons. The van der Waals surface area contributed by atoms with E-state index in [1.165, 1.54) is 0 Å². The Morgan fingerprint density at radius 3 is 2.23 bits per heavy atom. The molecule has 26 heavy (non-hydrogen) atoms. The number of aliphatic carboxylic acids is 1. The average Bonchev–Trinajstić information content (AvgIpc) is 2.78. The zero-order valence-corrected chi connectivity index (χ0v) is 13.9. The molecule has 4 unspecified atom stereocenters. The van der Waals surface area contributed by atoms with Gasteiger partial charge >= 0.3 is 18.3 Å². The Hall–Kier alpha value is -1.97. The van der Waals surface area contributed by atoms with E-state index < -0.39 is 53.2 Å². The van der Waals surface area contributed by atoms with Crippen molar-refractivity contribution in [2.24, 2.45) is 5.92 Å². The van der Waals surface area contributed by atoms with Crippen LogP contribution >= 0.6 is 0 Å². The Labute approximate surface area is 144 Å². The number of ether oxygens (including phenoxy) is 2. The van der Waals surface area contributed by atoms with Gasteiger partial charge in [0, 0.05) is 17.4 Å².